The Hall–Kier alpha value is -0.0800. The van der Waals surface area contributed by atoms with Crippen molar-refractivity contribution in [3.8, 4) is 0 Å². The molecule has 0 aliphatic heterocycles. The van der Waals surface area contributed by atoms with Crippen molar-refractivity contribution in [1.29, 1.82) is 0 Å². The van der Waals surface area contributed by atoms with Crippen LogP contribution in [0.5, 0.6) is 0 Å². The summed E-state index contributed by atoms with van der Waals surface area (Å²) in [5.41, 5.74) is 0. The summed E-state index contributed by atoms with van der Waals surface area (Å²) in [6.45, 7) is 4.81. The molecule has 0 aliphatic carbocycles. The number of aliphatic hydroxyl groups excluding tert-OH is 1. The Kier molecular flexibility index (Phi) is 3.82. The van der Waals surface area contributed by atoms with Crippen LogP contribution >= 0.6 is 0 Å². The van der Waals surface area contributed by atoms with Crippen LogP contribution in [0, 0.1) is 5.92 Å². The van der Waals surface area contributed by atoms with E-state index in [1.165, 1.54) is 0 Å². The van der Waals surface area contributed by atoms with Crippen LogP contribution in [0.4, 0.5) is 0 Å². The van der Waals surface area contributed by atoms with Gasteiger partial charge >= 0.3 is 0 Å². The fourth-order valence-electron chi connectivity index (χ4n) is 0.585. The van der Waals surface area contributed by atoms with E-state index in [-0.39, 0.29) is 6.10 Å². The maximum Gasteiger partial charge on any atom is 0.0689 e. The first kappa shape index (κ1) is 8.92. The second kappa shape index (κ2) is 3.85. The van der Waals surface area contributed by atoms with E-state index in [1.54, 1.807) is 0 Å². The standard InChI is InChI=1S/C7H17NO/c1-6(2)7(9)5-8(3)4/h6-7,9H,5H2,1-4H3. The van der Waals surface area contributed by atoms with Gasteiger partial charge in [-0.1, -0.05) is 13.8 Å². The molecule has 0 aromatic rings. The average Bonchev–Trinajstić information content (AvgIpc) is 1.63. The van der Waals surface area contributed by atoms with E-state index in [4.69, 9.17) is 0 Å². The van der Waals surface area contributed by atoms with Gasteiger partial charge in [-0.2, -0.15) is 0 Å². The van der Waals surface area contributed by atoms with E-state index in [2.05, 4.69) is 0 Å². The van der Waals surface area contributed by atoms with Gasteiger partial charge in [0.15, 0.2) is 0 Å². The minimum Gasteiger partial charge on any atom is -0.392 e. The van der Waals surface area contributed by atoms with Crippen molar-refractivity contribution < 1.29 is 5.11 Å². The molecule has 0 heterocycles. The SMILES string of the molecule is CC(C)C(O)CN(C)C. The van der Waals surface area contributed by atoms with Crippen LogP contribution in [0.15, 0.2) is 0 Å². The van der Waals surface area contributed by atoms with E-state index in [0.717, 1.165) is 6.54 Å². The first-order chi connectivity index (χ1) is 4.04. The molecule has 1 atom stereocenters. The molecule has 0 saturated heterocycles. The molecule has 0 radical (unpaired) electrons. The van der Waals surface area contributed by atoms with Crippen LogP contribution in [0.1, 0.15) is 13.8 Å². The maximum atomic E-state index is 9.26. The first-order valence-corrected chi connectivity index (χ1v) is 3.37. The van der Waals surface area contributed by atoms with Gasteiger partial charge in [-0.15, -0.1) is 0 Å². The lowest BCUT2D eigenvalue weighted by Crippen LogP contribution is -2.29. The molecule has 2 nitrogen and oxygen atoms in total. The summed E-state index contributed by atoms with van der Waals surface area (Å²) in [7, 11) is 3.93. The summed E-state index contributed by atoms with van der Waals surface area (Å²) in [4.78, 5) is 1.99. The molecule has 0 aliphatic rings. The summed E-state index contributed by atoms with van der Waals surface area (Å²) in [6.07, 6.45) is -0.181. The third kappa shape index (κ3) is 4.43. The molecule has 1 N–H and O–H groups in total. The predicted octanol–water partition coefficient (Wildman–Crippen LogP) is 0.565. The van der Waals surface area contributed by atoms with E-state index in [9.17, 15) is 5.11 Å². The molecule has 0 rings (SSSR count). The lowest BCUT2D eigenvalue weighted by atomic mass is 10.1. The van der Waals surface area contributed by atoms with Crippen LogP contribution in [0.3, 0.4) is 0 Å². The van der Waals surface area contributed by atoms with Gasteiger partial charge in [0.05, 0.1) is 6.10 Å². The zero-order valence-corrected chi connectivity index (χ0v) is 6.76. The molecular weight excluding hydrogens is 114 g/mol. The second-order valence-electron chi connectivity index (χ2n) is 3.07. The molecule has 56 valence electrons. The zero-order chi connectivity index (χ0) is 7.44. The van der Waals surface area contributed by atoms with Crippen molar-refractivity contribution >= 4 is 0 Å². The minimum absolute atomic E-state index is 0.181. The fourth-order valence-corrected chi connectivity index (χ4v) is 0.585. The molecule has 0 aromatic carbocycles. The molecule has 0 saturated carbocycles. The highest BCUT2D eigenvalue weighted by molar-refractivity contribution is 4.61. The molecule has 9 heavy (non-hydrogen) atoms. The van der Waals surface area contributed by atoms with Crippen LogP contribution in [-0.2, 0) is 0 Å². The zero-order valence-electron chi connectivity index (χ0n) is 6.76. The molecule has 0 spiro atoms. The second-order valence-corrected chi connectivity index (χ2v) is 3.07. The molecule has 0 amide bonds. The molecule has 0 aromatic heterocycles. The monoisotopic (exact) mass is 131 g/mol. The number of likely N-dealkylation sites (N-methyl/N-ethyl adjacent to an activating group) is 1. The normalized spacial score (nSPS) is 15.0. The van der Waals surface area contributed by atoms with E-state index < -0.39 is 0 Å². The average molecular weight is 131 g/mol. The van der Waals surface area contributed by atoms with E-state index in [1.807, 2.05) is 32.8 Å². The molecule has 0 fully saturated rings. The Morgan fingerprint density at radius 3 is 1.89 bits per heavy atom. The number of nitrogens with zero attached hydrogens (tertiary/aromatic N) is 1. The Balaban J connectivity index is 3.38. The highest BCUT2D eigenvalue weighted by Gasteiger charge is 2.08. The Morgan fingerprint density at radius 1 is 1.33 bits per heavy atom. The summed E-state index contributed by atoms with van der Waals surface area (Å²) >= 11 is 0. The predicted molar refractivity (Wildman–Crippen MR) is 39.4 cm³/mol. The van der Waals surface area contributed by atoms with Crippen LogP contribution in [-0.4, -0.2) is 36.8 Å². The Bertz CT molecular complexity index is 71.3. The highest BCUT2D eigenvalue weighted by Crippen LogP contribution is 2.00. The lowest BCUT2D eigenvalue weighted by molar-refractivity contribution is 0.0946. The van der Waals surface area contributed by atoms with Crippen LogP contribution < -0.4 is 0 Å². The summed E-state index contributed by atoms with van der Waals surface area (Å²) < 4.78 is 0. The maximum absolute atomic E-state index is 9.26. The molecule has 1 unspecified atom stereocenters. The molecule has 0 bridgehead atoms. The fraction of sp³-hybridized carbons (Fsp3) is 1.00. The first-order valence-electron chi connectivity index (χ1n) is 3.37. The van der Waals surface area contributed by atoms with Gasteiger partial charge in [-0.05, 0) is 20.0 Å². The lowest BCUT2D eigenvalue weighted by Gasteiger charge is -2.18. The van der Waals surface area contributed by atoms with E-state index in [0.29, 0.717) is 5.92 Å². The number of hydrogen-bond acceptors (Lipinski definition) is 2. The smallest absolute Gasteiger partial charge is 0.0689 e. The largest absolute Gasteiger partial charge is 0.392 e. The van der Waals surface area contributed by atoms with Crippen LogP contribution in [0.2, 0.25) is 0 Å². The van der Waals surface area contributed by atoms with Gasteiger partial charge in [-0.25, -0.2) is 0 Å². The third-order valence-corrected chi connectivity index (χ3v) is 1.32. The Morgan fingerprint density at radius 2 is 1.78 bits per heavy atom. The van der Waals surface area contributed by atoms with Gasteiger partial charge in [0.25, 0.3) is 0 Å². The van der Waals surface area contributed by atoms with Gasteiger partial charge in [0.1, 0.15) is 0 Å². The summed E-state index contributed by atoms with van der Waals surface area (Å²) in [5.74, 6) is 0.368. The van der Waals surface area contributed by atoms with Gasteiger partial charge < -0.3 is 10.0 Å². The summed E-state index contributed by atoms with van der Waals surface area (Å²) in [5, 5.41) is 9.26. The molecule has 2 heteroatoms. The minimum atomic E-state index is -0.181. The quantitative estimate of drug-likeness (QED) is 0.605. The van der Waals surface area contributed by atoms with Gasteiger partial charge in [0.2, 0.25) is 0 Å². The van der Waals surface area contributed by atoms with Gasteiger partial charge in [-0.3, -0.25) is 0 Å². The number of hydrogen-bond donors (Lipinski definition) is 1. The van der Waals surface area contributed by atoms with Crippen molar-refractivity contribution in [1.82, 2.24) is 4.90 Å². The Labute approximate surface area is 57.5 Å². The van der Waals surface area contributed by atoms with Gasteiger partial charge in [0, 0.05) is 6.54 Å². The van der Waals surface area contributed by atoms with Crippen LogP contribution in [0.25, 0.3) is 0 Å². The number of aliphatic hydroxyl groups is 1. The topological polar surface area (TPSA) is 23.5 Å². The van der Waals surface area contributed by atoms with Crippen molar-refractivity contribution in [3.63, 3.8) is 0 Å². The number of rotatable bonds is 3. The third-order valence-electron chi connectivity index (χ3n) is 1.32. The summed E-state index contributed by atoms with van der Waals surface area (Å²) in [6, 6.07) is 0. The van der Waals surface area contributed by atoms with Crippen molar-refractivity contribution in [2.24, 2.45) is 5.92 Å². The highest BCUT2D eigenvalue weighted by atomic mass is 16.3. The van der Waals surface area contributed by atoms with Crippen molar-refractivity contribution in [3.05, 3.63) is 0 Å². The van der Waals surface area contributed by atoms with Crippen molar-refractivity contribution in [2.75, 3.05) is 20.6 Å². The van der Waals surface area contributed by atoms with E-state index >= 15 is 0 Å². The molecular formula is C7H17NO. The van der Waals surface area contributed by atoms with Crippen molar-refractivity contribution in [2.45, 2.75) is 20.0 Å².